The topological polar surface area (TPSA) is 120 Å². The summed E-state index contributed by atoms with van der Waals surface area (Å²) in [7, 11) is -3.81. The van der Waals surface area contributed by atoms with Crippen LogP contribution in [-0.4, -0.2) is 97.4 Å². The maximum Gasteiger partial charge on any atom is 0.411 e. The Morgan fingerprint density at radius 3 is 2.33 bits per heavy atom. The number of allylic oxidation sites excluding steroid dienone is 2. The van der Waals surface area contributed by atoms with Crippen molar-refractivity contribution >= 4 is 32.7 Å². The van der Waals surface area contributed by atoms with Gasteiger partial charge in [-0.05, 0) is 42.5 Å². The largest absolute Gasteiger partial charge is 0.465 e. The number of morpholine rings is 1. The summed E-state index contributed by atoms with van der Waals surface area (Å²) in [6, 6.07) is 20.9. The van der Waals surface area contributed by atoms with Crippen molar-refractivity contribution in [1.29, 1.82) is 0 Å². The van der Waals surface area contributed by atoms with Crippen LogP contribution in [0.5, 0.6) is 0 Å². The zero-order valence-corrected chi connectivity index (χ0v) is 26.3. The molecule has 46 heavy (non-hydrogen) atoms. The number of rotatable bonds is 6. The Balaban J connectivity index is 0.000000358. The Hall–Kier alpha value is -4.49. The summed E-state index contributed by atoms with van der Waals surface area (Å²) in [5.74, 6) is 0. The highest BCUT2D eigenvalue weighted by molar-refractivity contribution is 7.90. The van der Waals surface area contributed by atoms with Crippen LogP contribution in [0.1, 0.15) is 5.69 Å². The number of amides is 1. The van der Waals surface area contributed by atoms with E-state index in [1.807, 2.05) is 18.2 Å². The van der Waals surface area contributed by atoms with E-state index in [1.54, 1.807) is 48.7 Å². The van der Waals surface area contributed by atoms with Gasteiger partial charge in [0.2, 0.25) is 0 Å². The lowest BCUT2D eigenvalue weighted by Gasteiger charge is -2.29. The normalized spacial score (nSPS) is 17.1. The molecular weight excluding hydrogens is 604 g/mol. The van der Waals surface area contributed by atoms with E-state index in [1.165, 1.54) is 20.8 Å². The molecule has 0 bridgehead atoms. The molecule has 0 saturated carbocycles. The number of nitrogens with one attached hydrogen (secondary N) is 1. The van der Waals surface area contributed by atoms with Gasteiger partial charge in [0, 0.05) is 87.1 Å². The summed E-state index contributed by atoms with van der Waals surface area (Å²) >= 11 is 0. The summed E-state index contributed by atoms with van der Waals surface area (Å²) in [6.45, 7) is 7.76. The van der Waals surface area contributed by atoms with Gasteiger partial charge < -0.3 is 20.1 Å². The Bertz CT molecular complexity index is 1810. The molecule has 3 aliphatic rings. The lowest BCUT2D eigenvalue weighted by atomic mass is 10.1. The summed E-state index contributed by atoms with van der Waals surface area (Å²) < 4.78 is 34.9. The summed E-state index contributed by atoms with van der Waals surface area (Å²) in [5.41, 5.74) is 4.32. The highest BCUT2D eigenvalue weighted by Crippen LogP contribution is 2.33. The average Bonchev–Trinajstić information content (AvgIpc) is 3.49. The average molecular weight is 643 g/mol. The van der Waals surface area contributed by atoms with Crippen LogP contribution < -0.4 is 10.2 Å². The van der Waals surface area contributed by atoms with Gasteiger partial charge in [0.15, 0.2) is 0 Å². The van der Waals surface area contributed by atoms with Crippen LogP contribution in [0, 0.1) is 0 Å². The molecule has 12 heteroatoms. The second-order valence-electron chi connectivity index (χ2n) is 11.2. The molecular formula is C34H38N6O5S. The predicted octanol–water partition coefficient (Wildman–Crippen LogP) is 4.23. The van der Waals surface area contributed by atoms with Crippen molar-refractivity contribution in [2.75, 3.05) is 63.9 Å². The minimum absolute atomic E-state index is 0.273. The van der Waals surface area contributed by atoms with E-state index in [2.05, 4.69) is 39.4 Å². The van der Waals surface area contributed by atoms with Gasteiger partial charge in [0.05, 0.1) is 29.3 Å². The van der Waals surface area contributed by atoms with Crippen LogP contribution >= 0.6 is 0 Å². The van der Waals surface area contributed by atoms with Gasteiger partial charge in [0.25, 0.3) is 10.0 Å². The Morgan fingerprint density at radius 1 is 0.935 bits per heavy atom. The molecule has 4 aromatic rings. The van der Waals surface area contributed by atoms with E-state index in [0.29, 0.717) is 31.8 Å². The van der Waals surface area contributed by atoms with Crippen LogP contribution in [0.25, 0.3) is 22.2 Å². The van der Waals surface area contributed by atoms with E-state index < -0.39 is 16.1 Å². The maximum absolute atomic E-state index is 13.9. The molecule has 7 rings (SSSR count). The summed E-state index contributed by atoms with van der Waals surface area (Å²) in [6.07, 6.45) is 7.63. The lowest BCUT2D eigenvalue weighted by molar-refractivity contribution is 0.0336. The fraction of sp³-hybridized carbons (Fsp3) is 0.294. The van der Waals surface area contributed by atoms with Crippen molar-refractivity contribution < 1.29 is 23.1 Å². The predicted molar refractivity (Wildman–Crippen MR) is 178 cm³/mol. The van der Waals surface area contributed by atoms with Crippen molar-refractivity contribution in [2.24, 2.45) is 0 Å². The number of benzene rings is 2. The van der Waals surface area contributed by atoms with Crippen molar-refractivity contribution in [3.63, 3.8) is 0 Å². The van der Waals surface area contributed by atoms with Gasteiger partial charge in [-0.25, -0.2) is 17.2 Å². The molecule has 2 fully saturated rings. The number of piperazine rings is 1. The zero-order valence-electron chi connectivity index (χ0n) is 25.5. The van der Waals surface area contributed by atoms with Gasteiger partial charge in [0.1, 0.15) is 0 Å². The van der Waals surface area contributed by atoms with Crippen LogP contribution in [0.3, 0.4) is 0 Å². The van der Waals surface area contributed by atoms with Gasteiger partial charge in [-0.3, -0.25) is 14.8 Å². The van der Waals surface area contributed by atoms with Gasteiger partial charge in [-0.1, -0.05) is 42.5 Å². The fourth-order valence-electron chi connectivity index (χ4n) is 5.83. The van der Waals surface area contributed by atoms with Crippen LogP contribution in [0.4, 0.5) is 10.5 Å². The molecule has 2 saturated heterocycles. The lowest BCUT2D eigenvalue weighted by Crippen LogP contribution is -2.43. The van der Waals surface area contributed by atoms with Gasteiger partial charge >= 0.3 is 6.09 Å². The van der Waals surface area contributed by atoms with E-state index in [4.69, 9.17) is 14.8 Å². The number of carbonyl (C=O) groups is 1. The van der Waals surface area contributed by atoms with E-state index in [-0.39, 0.29) is 4.90 Å². The zero-order chi connectivity index (χ0) is 31.9. The minimum Gasteiger partial charge on any atom is -0.465 e. The smallest absolute Gasteiger partial charge is 0.411 e. The molecule has 1 amide bonds. The second kappa shape index (κ2) is 14.3. The molecule has 2 aromatic carbocycles. The monoisotopic (exact) mass is 642 g/mol. The Morgan fingerprint density at radius 2 is 1.67 bits per heavy atom. The molecule has 5 heterocycles. The number of nitrogens with zero attached hydrogens (tertiary/aromatic N) is 5. The van der Waals surface area contributed by atoms with Gasteiger partial charge in [-0.2, -0.15) is 0 Å². The van der Waals surface area contributed by atoms with Crippen molar-refractivity contribution in [3.05, 3.63) is 103 Å². The van der Waals surface area contributed by atoms with Gasteiger partial charge in [-0.15, -0.1) is 0 Å². The molecule has 0 aliphatic carbocycles. The number of ether oxygens (including phenoxy) is 1. The molecule has 3 aliphatic heterocycles. The molecule has 11 nitrogen and oxygen atoms in total. The standard InChI is InChI=1S/C28H31N5O3S.C6H7NO2/c34-37(35,25-4-2-1-3-5-25)33-24(21-31-16-18-36-19-17-31)20-26-27(33)10-11-30-28(26)22-6-8-23(9-7-22)32-14-12-29-13-15-32;8-6(9)7-4-2-1-3-5-7/h1-11,20,29H,12-19,21H2;1-4H,5H2,(H,8,9). The third-order valence-corrected chi connectivity index (χ3v) is 9.99. The number of fused-ring (bicyclic) bond motifs is 1. The molecule has 0 atom stereocenters. The molecule has 240 valence electrons. The third-order valence-electron chi connectivity index (χ3n) is 8.21. The molecule has 0 radical (unpaired) electrons. The third kappa shape index (κ3) is 7.00. The first-order chi connectivity index (χ1) is 22.4. The Labute approximate surface area is 269 Å². The molecule has 0 spiro atoms. The first kappa shape index (κ1) is 31.5. The molecule has 0 unspecified atom stereocenters. The minimum atomic E-state index is -3.81. The Kier molecular flexibility index (Phi) is 9.79. The number of anilines is 1. The first-order valence-electron chi connectivity index (χ1n) is 15.4. The van der Waals surface area contributed by atoms with E-state index in [9.17, 15) is 13.2 Å². The number of hydrogen-bond acceptors (Lipinski definition) is 8. The van der Waals surface area contributed by atoms with Crippen LogP contribution in [0.2, 0.25) is 0 Å². The number of aromatic nitrogens is 2. The SMILES string of the molecule is O=C(O)N1C=CC=CC1.O=S(=O)(c1ccccc1)n1c(CN2CCOCC2)cc2c(-c3ccc(N4CCNCC4)cc3)nccc21. The van der Waals surface area contributed by atoms with Crippen LogP contribution in [-0.2, 0) is 21.3 Å². The quantitative estimate of drug-likeness (QED) is 0.318. The second-order valence-corrected chi connectivity index (χ2v) is 13.0. The van der Waals surface area contributed by atoms with Crippen molar-refractivity contribution in [2.45, 2.75) is 11.4 Å². The highest BCUT2D eigenvalue weighted by atomic mass is 32.2. The van der Waals surface area contributed by atoms with E-state index in [0.717, 1.165) is 61.6 Å². The molecule has 2 aromatic heterocycles. The number of pyridine rings is 1. The van der Waals surface area contributed by atoms with E-state index >= 15 is 0 Å². The van der Waals surface area contributed by atoms with Crippen molar-refractivity contribution in [1.82, 2.24) is 24.1 Å². The summed E-state index contributed by atoms with van der Waals surface area (Å²) in [4.78, 5) is 21.0. The summed E-state index contributed by atoms with van der Waals surface area (Å²) in [5, 5.41) is 12.6. The highest BCUT2D eigenvalue weighted by Gasteiger charge is 2.26. The maximum atomic E-state index is 13.9. The number of carboxylic acid groups (broad SMARTS) is 1. The number of hydrogen-bond donors (Lipinski definition) is 2. The molecule has 2 N–H and O–H groups in total. The first-order valence-corrected chi connectivity index (χ1v) is 16.8. The fourth-order valence-corrected chi connectivity index (χ4v) is 7.38. The van der Waals surface area contributed by atoms with Crippen LogP contribution in [0.15, 0.2) is 102 Å². The van der Waals surface area contributed by atoms with Crippen molar-refractivity contribution in [3.8, 4) is 11.3 Å².